The summed E-state index contributed by atoms with van der Waals surface area (Å²) in [4.78, 5) is 32.9. The van der Waals surface area contributed by atoms with Crippen LogP contribution < -0.4 is 20.9 Å². The third-order valence-corrected chi connectivity index (χ3v) is 7.31. The van der Waals surface area contributed by atoms with Crippen LogP contribution in [-0.4, -0.2) is 79.5 Å². The van der Waals surface area contributed by atoms with Crippen molar-refractivity contribution in [2.45, 2.75) is 38.5 Å². The lowest BCUT2D eigenvalue weighted by atomic mass is 9.87. The molecule has 0 bridgehead atoms. The number of carbonyl (C=O) groups excluding carboxylic acids is 2. The molecule has 1 saturated carbocycles. The Kier molecular flexibility index (Phi) is 5.86. The number of aliphatic imine (C=N–C) groups is 1. The van der Waals surface area contributed by atoms with E-state index in [2.05, 4.69) is 50.2 Å². The second kappa shape index (κ2) is 9.22. The standard InChI is InChI=1S/C26H32N8O3/c1-26(14-19-23(35)32(2)25(36)30-19)16-28-34-22(29-18-7-8-18)13-21(31-24(26)34)27-15-17-5-3-4-6-20(17)33-9-11-37-12-10-33/h3-6,13-14,16,18,24,27,31H,7-12,15H2,1-2H3,(H,30,36)/b19-14-,29-22?. The van der Waals surface area contributed by atoms with Crippen LogP contribution in [-0.2, 0) is 16.1 Å². The maximum absolute atomic E-state index is 12.5. The smallest absolute Gasteiger partial charge is 0.328 e. The molecule has 11 heteroatoms. The Morgan fingerprint density at radius 3 is 2.76 bits per heavy atom. The molecule has 4 heterocycles. The van der Waals surface area contributed by atoms with Crippen molar-refractivity contribution in [3.63, 3.8) is 0 Å². The maximum atomic E-state index is 12.5. The highest BCUT2D eigenvalue weighted by atomic mass is 16.5. The molecule has 1 aromatic carbocycles. The van der Waals surface area contributed by atoms with E-state index in [9.17, 15) is 9.59 Å². The minimum Gasteiger partial charge on any atom is -0.378 e. The van der Waals surface area contributed by atoms with E-state index < -0.39 is 11.4 Å². The summed E-state index contributed by atoms with van der Waals surface area (Å²) in [5, 5.41) is 16.3. The Bertz CT molecular complexity index is 1230. The van der Waals surface area contributed by atoms with Gasteiger partial charge in [0.1, 0.15) is 23.5 Å². The number of anilines is 1. The van der Waals surface area contributed by atoms with Gasteiger partial charge in [0.15, 0.2) is 0 Å². The number of imide groups is 1. The Morgan fingerprint density at radius 2 is 2.03 bits per heavy atom. The van der Waals surface area contributed by atoms with Gasteiger partial charge in [-0.25, -0.2) is 9.80 Å². The van der Waals surface area contributed by atoms with Crippen LogP contribution in [0.25, 0.3) is 0 Å². The highest BCUT2D eigenvalue weighted by molar-refractivity contribution is 6.11. The van der Waals surface area contributed by atoms with E-state index in [4.69, 9.17) is 9.73 Å². The normalized spacial score (nSPS) is 29.5. The van der Waals surface area contributed by atoms with Gasteiger partial charge in [-0.2, -0.15) is 5.10 Å². The summed E-state index contributed by atoms with van der Waals surface area (Å²) in [6, 6.07) is 8.32. The number of hydrogen-bond acceptors (Lipinski definition) is 8. The molecule has 0 aromatic heterocycles. The molecule has 3 N–H and O–H groups in total. The molecule has 5 aliphatic rings. The molecule has 2 unspecified atom stereocenters. The number of amides is 3. The summed E-state index contributed by atoms with van der Waals surface area (Å²) in [6.45, 7) is 5.85. The molecule has 37 heavy (non-hydrogen) atoms. The van der Waals surface area contributed by atoms with Crippen molar-refractivity contribution in [2.75, 3.05) is 38.3 Å². The molecular weight excluding hydrogens is 472 g/mol. The van der Waals surface area contributed by atoms with E-state index >= 15 is 0 Å². The summed E-state index contributed by atoms with van der Waals surface area (Å²) in [6.07, 6.45) is 7.44. The van der Waals surface area contributed by atoms with Gasteiger partial charge in [0.25, 0.3) is 5.91 Å². The van der Waals surface area contributed by atoms with Crippen molar-refractivity contribution in [3.05, 3.63) is 53.5 Å². The lowest BCUT2D eigenvalue weighted by Gasteiger charge is -2.38. The van der Waals surface area contributed by atoms with Crippen molar-refractivity contribution >= 4 is 29.7 Å². The number of fused-ring (bicyclic) bond motifs is 1. The van der Waals surface area contributed by atoms with E-state index in [1.54, 1.807) is 6.08 Å². The van der Waals surface area contributed by atoms with Crippen molar-refractivity contribution in [1.29, 1.82) is 0 Å². The van der Waals surface area contributed by atoms with Gasteiger partial charge in [-0.3, -0.25) is 14.7 Å². The van der Waals surface area contributed by atoms with Gasteiger partial charge in [-0.15, -0.1) is 0 Å². The minimum absolute atomic E-state index is 0.259. The van der Waals surface area contributed by atoms with Gasteiger partial charge in [-0.05, 0) is 37.5 Å². The zero-order valence-electron chi connectivity index (χ0n) is 21.1. The number of para-hydroxylation sites is 1. The summed E-state index contributed by atoms with van der Waals surface area (Å²) in [7, 11) is 1.47. The number of nitrogens with zero attached hydrogens (tertiary/aromatic N) is 5. The second-order valence-corrected chi connectivity index (χ2v) is 10.2. The summed E-state index contributed by atoms with van der Waals surface area (Å²) in [5.41, 5.74) is 2.00. The molecule has 194 valence electrons. The molecule has 3 fully saturated rings. The minimum atomic E-state index is -0.666. The number of likely N-dealkylation sites (N-methyl/N-ethyl adjacent to an activating group) is 1. The molecule has 6 rings (SSSR count). The molecular formula is C26H32N8O3. The predicted molar refractivity (Wildman–Crippen MR) is 140 cm³/mol. The number of hydrazone groups is 1. The highest BCUT2D eigenvalue weighted by Gasteiger charge is 2.46. The Hall–Kier alpha value is -3.86. The molecule has 4 aliphatic heterocycles. The van der Waals surface area contributed by atoms with E-state index in [0.717, 1.165) is 55.7 Å². The van der Waals surface area contributed by atoms with Gasteiger partial charge in [-0.1, -0.05) is 18.2 Å². The van der Waals surface area contributed by atoms with Crippen molar-refractivity contribution in [2.24, 2.45) is 15.5 Å². The van der Waals surface area contributed by atoms with Crippen LogP contribution in [0.2, 0.25) is 0 Å². The molecule has 3 amide bonds. The first-order valence-electron chi connectivity index (χ1n) is 12.8. The second-order valence-electron chi connectivity index (χ2n) is 10.2. The fourth-order valence-electron chi connectivity index (χ4n) is 4.98. The number of hydrogen-bond donors (Lipinski definition) is 3. The van der Waals surface area contributed by atoms with Gasteiger partial charge in [0.2, 0.25) is 0 Å². The number of nitrogens with one attached hydrogen (secondary N) is 3. The molecule has 11 nitrogen and oxygen atoms in total. The summed E-state index contributed by atoms with van der Waals surface area (Å²) in [5.74, 6) is 1.27. The van der Waals surface area contributed by atoms with E-state index in [-0.39, 0.29) is 17.8 Å². The van der Waals surface area contributed by atoms with Crippen molar-refractivity contribution in [3.8, 4) is 0 Å². The lowest BCUT2D eigenvalue weighted by Crippen LogP contribution is -2.55. The highest BCUT2D eigenvalue weighted by Crippen LogP contribution is 2.35. The lowest BCUT2D eigenvalue weighted by molar-refractivity contribution is -0.122. The van der Waals surface area contributed by atoms with Crippen LogP contribution in [0.15, 0.2) is 58.0 Å². The number of amidine groups is 1. The fourth-order valence-corrected chi connectivity index (χ4v) is 4.98. The Morgan fingerprint density at radius 1 is 1.24 bits per heavy atom. The van der Waals surface area contributed by atoms with E-state index in [0.29, 0.717) is 12.6 Å². The number of urea groups is 1. The van der Waals surface area contributed by atoms with Gasteiger partial charge < -0.3 is 25.6 Å². The van der Waals surface area contributed by atoms with Crippen LogP contribution >= 0.6 is 0 Å². The number of morpholine rings is 1. The van der Waals surface area contributed by atoms with Crippen LogP contribution in [0, 0.1) is 5.41 Å². The van der Waals surface area contributed by atoms with Crippen molar-refractivity contribution in [1.82, 2.24) is 25.9 Å². The topological polar surface area (TPSA) is 114 Å². The third kappa shape index (κ3) is 4.55. The zero-order chi connectivity index (χ0) is 25.6. The Balaban J connectivity index is 1.24. The molecule has 1 aliphatic carbocycles. The summed E-state index contributed by atoms with van der Waals surface area (Å²) < 4.78 is 5.53. The first-order chi connectivity index (χ1) is 17.9. The number of benzene rings is 1. The van der Waals surface area contributed by atoms with Gasteiger partial charge in [0.05, 0.1) is 24.7 Å². The molecule has 2 saturated heterocycles. The van der Waals surface area contributed by atoms with Gasteiger partial charge in [0, 0.05) is 44.7 Å². The van der Waals surface area contributed by atoms with Crippen molar-refractivity contribution < 1.29 is 14.3 Å². The fraction of sp³-hybridized carbons (Fsp3) is 0.462. The molecule has 2 atom stereocenters. The Labute approximate surface area is 215 Å². The van der Waals surface area contributed by atoms with E-state index in [1.807, 2.05) is 24.2 Å². The number of ether oxygens (including phenoxy) is 1. The average Bonchev–Trinajstić information content (AvgIpc) is 3.63. The van der Waals surface area contributed by atoms with Crippen LogP contribution in [0.1, 0.15) is 25.3 Å². The largest absolute Gasteiger partial charge is 0.378 e. The molecule has 0 radical (unpaired) electrons. The van der Waals surface area contributed by atoms with Gasteiger partial charge >= 0.3 is 6.03 Å². The third-order valence-electron chi connectivity index (χ3n) is 7.31. The number of carbonyl (C=O) groups is 2. The van der Waals surface area contributed by atoms with E-state index in [1.165, 1.54) is 18.3 Å². The quantitative estimate of drug-likeness (QED) is 0.396. The molecule has 1 aromatic rings. The van der Waals surface area contributed by atoms with Crippen LogP contribution in [0.5, 0.6) is 0 Å². The monoisotopic (exact) mass is 504 g/mol. The first-order valence-corrected chi connectivity index (χ1v) is 12.8. The average molecular weight is 505 g/mol. The molecule has 0 spiro atoms. The van der Waals surface area contributed by atoms with Crippen LogP contribution in [0.4, 0.5) is 10.5 Å². The summed E-state index contributed by atoms with van der Waals surface area (Å²) >= 11 is 0. The maximum Gasteiger partial charge on any atom is 0.328 e. The predicted octanol–water partition coefficient (Wildman–Crippen LogP) is 1.32. The number of rotatable bonds is 6. The zero-order valence-corrected chi connectivity index (χ0v) is 21.1. The van der Waals surface area contributed by atoms with Crippen LogP contribution in [0.3, 0.4) is 0 Å². The first kappa shape index (κ1) is 23.5. The SMILES string of the molecule is CN1C(=O)N/C(=C\C2(C)C=NN3C(=NC4CC4)C=C(NCc4ccccc4N4CCOCC4)NC32)C1=O.